The third-order valence-corrected chi connectivity index (χ3v) is 7.41. The molecule has 12 heteroatoms. The summed E-state index contributed by atoms with van der Waals surface area (Å²) in [5.74, 6) is -0.166. The smallest absolute Gasteiger partial charge is 0.479 e. The average Bonchev–Trinajstić information content (AvgIpc) is 3.22. The number of carbonyl (C=O) groups excluding carboxylic acids is 2. The number of alkyl halides is 3. The third-order valence-electron chi connectivity index (χ3n) is 7.18. The molecule has 2 atom stereocenters. The molecule has 188 valence electrons. The highest BCUT2D eigenvalue weighted by molar-refractivity contribution is 6.31. The molecule has 1 aliphatic heterocycles. The number of hydrogen-bond donors (Lipinski definition) is 1. The zero-order valence-corrected chi connectivity index (χ0v) is 19.8. The molecule has 3 fully saturated rings. The van der Waals surface area contributed by atoms with Crippen molar-refractivity contribution in [1.29, 1.82) is 0 Å². The van der Waals surface area contributed by atoms with Crippen molar-refractivity contribution < 1.29 is 32.2 Å². The Kier molecular flexibility index (Phi) is 5.55. The van der Waals surface area contributed by atoms with E-state index in [1.165, 1.54) is 6.07 Å². The fourth-order valence-electron chi connectivity index (χ4n) is 5.23. The fraction of sp³-hybridized carbons (Fsp3) is 0.522. The maximum absolute atomic E-state index is 12.9. The van der Waals surface area contributed by atoms with E-state index >= 15 is 0 Å². The standard InChI is InChI=1S/C23H24ClF3N4O4/c1-13(9-34-23(25,26)27)30(2)15-7-28-31(8-15)22-10-21(11-22,12-22)29-20(33)19-6-17(32)16-5-14(24)3-4-18(16)35-19/h3-5,7-8,13,19H,6,9-12H2,1-2H3,(H,29,33)/t13-,19+,21?,22?/m0/s1. The number of Topliss-reactive ketones (excluding diaryl/α,β-unsaturated/α-hetero) is 1. The van der Waals surface area contributed by atoms with Crippen LogP contribution in [0.4, 0.5) is 18.9 Å². The van der Waals surface area contributed by atoms with E-state index in [0.29, 0.717) is 41.3 Å². The lowest BCUT2D eigenvalue weighted by atomic mass is 9.44. The lowest BCUT2D eigenvalue weighted by Gasteiger charge is -2.70. The summed E-state index contributed by atoms with van der Waals surface area (Å²) in [6.45, 7) is 1.15. The van der Waals surface area contributed by atoms with Crippen molar-refractivity contribution in [2.45, 2.75) is 62.2 Å². The highest BCUT2D eigenvalue weighted by Crippen LogP contribution is 2.65. The molecule has 2 bridgehead atoms. The molecule has 3 saturated carbocycles. The van der Waals surface area contributed by atoms with Crippen LogP contribution in [0, 0.1) is 0 Å². The molecule has 4 aliphatic rings. The first kappa shape index (κ1) is 23.9. The minimum atomic E-state index is -4.67. The fourth-order valence-corrected chi connectivity index (χ4v) is 5.40. The number of nitrogens with one attached hydrogen (secondary N) is 1. The Bertz CT molecular complexity index is 1160. The van der Waals surface area contributed by atoms with Crippen molar-refractivity contribution in [2.24, 2.45) is 0 Å². The maximum atomic E-state index is 12.9. The summed E-state index contributed by atoms with van der Waals surface area (Å²) in [5, 5.41) is 7.90. The number of likely N-dealkylation sites (N-methyl/N-ethyl adjacent to an activating group) is 1. The first-order chi connectivity index (χ1) is 16.4. The molecule has 1 aromatic carbocycles. The van der Waals surface area contributed by atoms with Crippen LogP contribution in [0.15, 0.2) is 30.6 Å². The van der Waals surface area contributed by atoms with Gasteiger partial charge in [0.2, 0.25) is 0 Å². The van der Waals surface area contributed by atoms with Crippen molar-refractivity contribution in [3.05, 3.63) is 41.2 Å². The van der Waals surface area contributed by atoms with Gasteiger partial charge < -0.3 is 15.0 Å². The molecule has 3 aliphatic carbocycles. The van der Waals surface area contributed by atoms with Gasteiger partial charge >= 0.3 is 6.36 Å². The molecule has 1 aromatic heterocycles. The lowest BCUT2D eigenvalue weighted by Crippen LogP contribution is -2.79. The van der Waals surface area contributed by atoms with Crippen LogP contribution in [-0.4, -0.2) is 59.2 Å². The number of carbonyl (C=O) groups is 2. The van der Waals surface area contributed by atoms with Crippen LogP contribution in [0.5, 0.6) is 5.75 Å². The number of amides is 1. The van der Waals surface area contributed by atoms with Crippen molar-refractivity contribution in [3.63, 3.8) is 0 Å². The molecular weight excluding hydrogens is 489 g/mol. The minimum absolute atomic E-state index is 0.0501. The Balaban J connectivity index is 1.16. The van der Waals surface area contributed by atoms with Gasteiger partial charge in [-0.15, -0.1) is 13.2 Å². The van der Waals surface area contributed by atoms with E-state index in [0.717, 1.165) is 0 Å². The predicted octanol–water partition coefficient (Wildman–Crippen LogP) is 3.68. The molecule has 0 unspecified atom stereocenters. The number of benzene rings is 1. The zero-order chi connectivity index (χ0) is 25.2. The van der Waals surface area contributed by atoms with Gasteiger partial charge in [-0.3, -0.25) is 19.0 Å². The third kappa shape index (κ3) is 4.35. The number of ether oxygens (including phenoxy) is 2. The van der Waals surface area contributed by atoms with Crippen LogP contribution in [0.3, 0.4) is 0 Å². The summed E-state index contributed by atoms with van der Waals surface area (Å²) < 4.78 is 48.5. The summed E-state index contributed by atoms with van der Waals surface area (Å²) in [6, 6.07) is 4.23. The van der Waals surface area contributed by atoms with Gasteiger partial charge in [-0.05, 0) is 44.4 Å². The van der Waals surface area contributed by atoms with Gasteiger partial charge in [0, 0.05) is 29.8 Å². The van der Waals surface area contributed by atoms with E-state index in [2.05, 4.69) is 15.2 Å². The number of anilines is 1. The molecule has 35 heavy (non-hydrogen) atoms. The van der Waals surface area contributed by atoms with Crippen molar-refractivity contribution in [2.75, 3.05) is 18.6 Å². The summed E-state index contributed by atoms with van der Waals surface area (Å²) in [7, 11) is 1.69. The number of halogens is 4. The SMILES string of the molecule is C[C@@H](COC(F)(F)F)N(C)c1cnn(C23CC(NC(=O)[C@H]4CC(=O)c5cc(Cl)ccc5O4)(C2)C3)c1. The van der Waals surface area contributed by atoms with E-state index in [-0.39, 0.29) is 29.2 Å². The highest BCUT2D eigenvalue weighted by Gasteiger charge is 2.70. The Hall–Kier alpha value is -2.79. The van der Waals surface area contributed by atoms with Gasteiger partial charge in [-0.1, -0.05) is 11.6 Å². The summed E-state index contributed by atoms with van der Waals surface area (Å²) in [5.41, 5.74) is 0.462. The normalized spacial score (nSPS) is 27.7. The zero-order valence-electron chi connectivity index (χ0n) is 19.1. The highest BCUT2D eigenvalue weighted by atomic mass is 35.5. The number of rotatable bonds is 7. The Morgan fingerprint density at radius 1 is 1.40 bits per heavy atom. The molecular formula is C23H24ClF3N4O4. The lowest BCUT2D eigenvalue weighted by molar-refractivity contribution is -0.325. The Labute approximate surface area is 204 Å². The van der Waals surface area contributed by atoms with E-state index in [4.69, 9.17) is 16.3 Å². The van der Waals surface area contributed by atoms with Crippen LogP contribution in [-0.2, 0) is 15.1 Å². The van der Waals surface area contributed by atoms with Gasteiger partial charge in [-0.2, -0.15) is 5.10 Å². The van der Waals surface area contributed by atoms with Crippen LogP contribution >= 0.6 is 11.6 Å². The number of nitrogens with zero attached hydrogens (tertiary/aromatic N) is 3. The summed E-state index contributed by atoms with van der Waals surface area (Å²) >= 11 is 5.94. The van der Waals surface area contributed by atoms with Gasteiger partial charge in [-0.25, -0.2) is 0 Å². The van der Waals surface area contributed by atoms with Crippen LogP contribution in [0.1, 0.15) is 43.0 Å². The predicted molar refractivity (Wildman–Crippen MR) is 120 cm³/mol. The van der Waals surface area contributed by atoms with Crippen molar-refractivity contribution in [3.8, 4) is 5.75 Å². The second-order valence-corrected chi connectivity index (χ2v) is 10.2. The second kappa shape index (κ2) is 8.12. The molecule has 0 radical (unpaired) electrons. The average molecular weight is 513 g/mol. The first-order valence-electron chi connectivity index (χ1n) is 11.2. The molecule has 2 heterocycles. The van der Waals surface area contributed by atoms with Gasteiger partial charge in [0.1, 0.15) is 5.75 Å². The molecule has 6 rings (SSSR count). The first-order valence-corrected chi connectivity index (χ1v) is 11.6. The van der Waals surface area contributed by atoms with E-state index in [9.17, 15) is 22.8 Å². The number of aromatic nitrogens is 2. The van der Waals surface area contributed by atoms with Crippen molar-refractivity contribution in [1.82, 2.24) is 15.1 Å². The molecule has 0 spiro atoms. The largest absolute Gasteiger partial charge is 0.522 e. The van der Waals surface area contributed by atoms with Crippen LogP contribution in [0.25, 0.3) is 0 Å². The topological polar surface area (TPSA) is 85.7 Å². The number of hydrogen-bond acceptors (Lipinski definition) is 6. The van der Waals surface area contributed by atoms with E-state index in [1.807, 2.05) is 4.68 Å². The van der Waals surface area contributed by atoms with Crippen LogP contribution < -0.4 is 15.0 Å². The second-order valence-electron chi connectivity index (χ2n) is 9.76. The van der Waals surface area contributed by atoms with Crippen LogP contribution in [0.2, 0.25) is 5.02 Å². The van der Waals surface area contributed by atoms with Crippen molar-refractivity contribution >= 4 is 29.0 Å². The molecule has 1 amide bonds. The minimum Gasteiger partial charge on any atom is -0.479 e. The van der Waals surface area contributed by atoms with Gasteiger partial charge in [0.05, 0.1) is 36.0 Å². The van der Waals surface area contributed by atoms with Gasteiger partial charge in [0.25, 0.3) is 5.91 Å². The molecule has 0 saturated heterocycles. The summed E-state index contributed by atoms with van der Waals surface area (Å²) in [6.07, 6.45) is -0.169. The van der Waals surface area contributed by atoms with Gasteiger partial charge in [0.15, 0.2) is 11.9 Å². The van der Waals surface area contributed by atoms with E-state index in [1.54, 1.807) is 43.4 Å². The quantitative estimate of drug-likeness (QED) is 0.609. The molecule has 8 nitrogen and oxygen atoms in total. The monoisotopic (exact) mass is 512 g/mol. The number of ketones is 1. The molecule has 2 aromatic rings. The molecule has 1 N–H and O–H groups in total. The Morgan fingerprint density at radius 3 is 2.80 bits per heavy atom. The Morgan fingerprint density at radius 2 is 2.11 bits per heavy atom. The number of fused-ring (bicyclic) bond motifs is 1. The summed E-state index contributed by atoms with van der Waals surface area (Å²) in [4.78, 5) is 27.0. The maximum Gasteiger partial charge on any atom is 0.522 e. The van der Waals surface area contributed by atoms with E-state index < -0.39 is 25.1 Å².